The molecule has 0 unspecified atom stereocenters. The number of aromatic nitrogens is 2. The maximum Gasteiger partial charge on any atom is 0.252 e. The smallest absolute Gasteiger partial charge is 0.252 e. The van der Waals surface area contributed by atoms with Crippen molar-refractivity contribution in [2.75, 3.05) is 13.1 Å². The number of carbonyl (C=O) groups excluding carboxylic acids is 1. The fourth-order valence-corrected chi connectivity index (χ4v) is 4.35. The highest BCUT2D eigenvalue weighted by Gasteiger charge is 2.16. The Kier molecular flexibility index (Phi) is 5.90. The van der Waals surface area contributed by atoms with Crippen molar-refractivity contribution >= 4 is 16.8 Å². The molecule has 1 N–H and O–H groups in total. The Morgan fingerprint density at radius 1 is 0.875 bits per heavy atom. The average Bonchev–Trinajstić information content (AvgIpc) is 3.36. The highest BCUT2D eigenvalue weighted by molar-refractivity contribution is 6.07. The molecule has 2 aromatic heterocycles. The van der Waals surface area contributed by atoms with E-state index in [1.165, 1.54) is 18.4 Å². The Balaban J connectivity index is 1.41. The lowest BCUT2D eigenvalue weighted by Crippen LogP contribution is -2.25. The first-order valence-electron chi connectivity index (χ1n) is 11.2. The molecule has 0 saturated carbocycles. The lowest BCUT2D eigenvalue weighted by molar-refractivity contribution is 0.0952. The van der Waals surface area contributed by atoms with Gasteiger partial charge in [0.2, 0.25) is 0 Å². The number of para-hydroxylation sites is 1. The summed E-state index contributed by atoms with van der Waals surface area (Å²) in [6.45, 7) is 3.74. The van der Waals surface area contributed by atoms with Crippen LogP contribution in [0.2, 0.25) is 0 Å². The zero-order chi connectivity index (χ0) is 21.8. The molecule has 2 aromatic carbocycles. The molecule has 0 aliphatic carbocycles. The van der Waals surface area contributed by atoms with Crippen molar-refractivity contribution in [3.05, 3.63) is 95.7 Å². The molecule has 1 aliphatic heterocycles. The van der Waals surface area contributed by atoms with Crippen molar-refractivity contribution in [1.82, 2.24) is 20.2 Å². The van der Waals surface area contributed by atoms with Crippen molar-refractivity contribution in [2.24, 2.45) is 0 Å². The van der Waals surface area contributed by atoms with E-state index in [2.05, 4.69) is 33.4 Å². The Morgan fingerprint density at radius 2 is 1.62 bits per heavy atom. The number of hydrogen-bond donors (Lipinski definition) is 1. The van der Waals surface area contributed by atoms with Crippen molar-refractivity contribution in [1.29, 1.82) is 0 Å². The number of pyridine rings is 2. The summed E-state index contributed by atoms with van der Waals surface area (Å²) >= 11 is 0. The van der Waals surface area contributed by atoms with Gasteiger partial charge in [0.25, 0.3) is 5.91 Å². The number of nitrogens with zero attached hydrogens (tertiary/aromatic N) is 3. The fraction of sp³-hybridized carbons (Fsp3) is 0.222. The van der Waals surface area contributed by atoms with Gasteiger partial charge in [-0.1, -0.05) is 48.5 Å². The zero-order valence-electron chi connectivity index (χ0n) is 18.0. The van der Waals surface area contributed by atoms with Crippen LogP contribution in [0.15, 0.2) is 79.0 Å². The Hall–Kier alpha value is -3.57. The van der Waals surface area contributed by atoms with Crippen molar-refractivity contribution in [3.63, 3.8) is 0 Å². The first-order valence-corrected chi connectivity index (χ1v) is 11.2. The molecule has 3 heterocycles. The number of fused-ring (bicyclic) bond motifs is 1. The van der Waals surface area contributed by atoms with Gasteiger partial charge in [-0.15, -0.1) is 0 Å². The van der Waals surface area contributed by atoms with Crippen LogP contribution in [-0.4, -0.2) is 33.9 Å². The molecule has 0 radical (unpaired) electrons. The van der Waals surface area contributed by atoms with E-state index in [4.69, 9.17) is 4.98 Å². The summed E-state index contributed by atoms with van der Waals surface area (Å²) in [6.07, 6.45) is 4.28. The molecular formula is C27H26N4O. The predicted octanol–water partition coefficient (Wildman–Crippen LogP) is 4.82. The van der Waals surface area contributed by atoms with Gasteiger partial charge >= 0.3 is 0 Å². The Labute approximate surface area is 188 Å². The SMILES string of the molecule is O=C(NCc1ccccc1CN1CCCC1)c1cc(-c2ccccn2)nc2ccccc12. The molecule has 1 saturated heterocycles. The molecule has 1 fully saturated rings. The average molecular weight is 423 g/mol. The zero-order valence-corrected chi connectivity index (χ0v) is 18.0. The van der Waals surface area contributed by atoms with Crippen LogP contribution in [-0.2, 0) is 13.1 Å². The number of carbonyl (C=O) groups is 1. The topological polar surface area (TPSA) is 58.1 Å². The molecule has 5 nitrogen and oxygen atoms in total. The van der Waals surface area contributed by atoms with E-state index in [-0.39, 0.29) is 5.91 Å². The Bertz CT molecular complexity index is 1230. The minimum absolute atomic E-state index is 0.100. The van der Waals surface area contributed by atoms with Crippen LogP contribution < -0.4 is 5.32 Å². The summed E-state index contributed by atoms with van der Waals surface area (Å²) in [5, 5.41) is 3.99. The van der Waals surface area contributed by atoms with E-state index >= 15 is 0 Å². The number of hydrogen-bond acceptors (Lipinski definition) is 4. The predicted molar refractivity (Wildman–Crippen MR) is 127 cm³/mol. The standard InChI is InChI=1S/C27H26N4O/c32-27(29-18-20-9-1-2-10-21(20)19-31-15-7-8-16-31)23-17-26(25-13-5-6-14-28-25)30-24-12-4-3-11-22(23)24/h1-6,9-14,17H,7-8,15-16,18-19H2,(H,29,32). The largest absolute Gasteiger partial charge is 0.348 e. The van der Waals surface area contributed by atoms with Crippen LogP contribution in [0.25, 0.3) is 22.3 Å². The number of amides is 1. The highest BCUT2D eigenvalue weighted by Crippen LogP contribution is 2.24. The number of nitrogens with one attached hydrogen (secondary N) is 1. The second kappa shape index (κ2) is 9.28. The van der Waals surface area contributed by atoms with E-state index in [0.29, 0.717) is 17.8 Å². The lowest BCUT2D eigenvalue weighted by Gasteiger charge is -2.18. The third-order valence-electron chi connectivity index (χ3n) is 6.04. The molecule has 1 aliphatic rings. The monoisotopic (exact) mass is 422 g/mol. The molecule has 0 bridgehead atoms. The normalized spacial score (nSPS) is 14.0. The summed E-state index contributed by atoms with van der Waals surface area (Å²) in [6, 6.07) is 23.7. The van der Waals surface area contributed by atoms with Gasteiger partial charge in [-0.3, -0.25) is 14.7 Å². The molecule has 0 spiro atoms. The number of rotatable bonds is 6. The van der Waals surface area contributed by atoms with Gasteiger partial charge in [-0.2, -0.15) is 0 Å². The first-order chi connectivity index (χ1) is 15.8. The molecule has 4 aromatic rings. The first kappa shape index (κ1) is 20.3. The van der Waals surface area contributed by atoms with Crippen molar-refractivity contribution in [3.8, 4) is 11.4 Å². The van der Waals surface area contributed by atoms with Gasteiger partial charge in [0.05, 0.1) is 22.5 Å². The number of likely N-dealkylation sites (tertiary alicyclic amines) is 1. The van der Waals surface area contributed by atoms with E-state index < -0.39 is 0 Å². The van der Waals surface area contributed by atoms with Crippen LogP contribution in [0.4, 0.5) is 0 Å². The summed E-state index contributed by atoms with van der Waals surface area (Å²) < 4.78 is 0. The van der Waals surface area contributed by atoms with Crippen LogP contribution in [0.3, 0.4) is 0 Å². The van der Waals surface area contributed by atoms with E-state index in [1.54, 1.807) is 6.20 Å². The quantitative estimate of drug-likeness (QED) is 0.484. The Morgan fingerprint density at radius 3 is 2.44 bits per heavy atom. The molecule has 32 heavy (non-hydrogen) atoms. The number of benzene rings is 2. The second-order valence-corrected chi connectivity index (χ2v) is 8.22. The van der Waals surface area contributed by atoms with E-state index in [1.807, 2.05) is 54.6 Å². The van der Waals surface area contributed by atoms with Crippen molar-refractivity contribution in [2.45, 2.75) is 25.9 Å². The van der Waals surface area contributed by atoms with Crippen LogP contribution >= 0.6 is 0 Å². The second-order valence-electron chi connectivity index (χ2n) is 8.22. The van der Waals surface area contributed by atoms with Gasteiger partial charge in [-0.05, 0) is 61.3 Å². The summed E-state index contributed by atoms with van der Waals surface area (Å²) in [4.78, 5) is 24.9. The summed E-state index contributed by atoms with van der Waals surface area (Å²) in [7, 11) is 0. The summed E-state index contributed by atoms with van der Waals surface area (Å²) in [5.74, 6) is -0.100. The minimum Gasteiger partial charge on any atom is -0.348 e. The van der Waals surface area contributed by atoms with Crippen LogP contribution in [0.5, 0.6) is 0 Å². The molecular weight excluding hydrogens is 396 g/mol. The third-order valence-corrected chi connectivity index (χ3v) is 6.04. The molecule has 5 rings (SSSR count). The molecule has 160 valence electrons. The van der Waals surface area contributed by atoms with Crippen LogP contribution in [0.1, 0.15) is 34.3 Å². The van der Waals surface area contributed by atoms with Gasteiger partial charge < -0.3 is 5.32 Å². The van der Waals surface area contributed by atoms with Gasteiger partial charge in [0.15, 0.2) is 0 Å². The van der Waals surface area contributed by atoms with E-state index in [0.717, 1.165) is 41.8 Å². The van der Waals surface area contributed by atoms with Crippen LogP contribution in [0, 0.1) is 0 Å². The minimum atomic E-state index is -0.100. The fourth-order valence-electron chi connectivity index (χ4n) is 4.35. The van der Waals surface area contributed by atoms with Gasteiger partial charge in [0.1, 0.15) is 0 Å². The molecule has 0 atom stereocenters. The van der Waals surface area contributed by atoms with Gasteiger partial charge in [-0.25, -0.2) is 4.98 Å². The van der Waals surface area contributed by atoms with Gasteiger partial charge in [0, 0.05) is 24.7 Å². The lowest BCUT2D eigenvalue weighted by atomic mass is 10.0. The molecule has 1 amide bonds. The van der Waals surface area contributed by atoms with E-state index in [9.17, 15) is 4.79 Å². The summed E-state index contributed by atoms with van der Waals surface area (Å²) in [5.41, 5.74) is 5.30. The molecule has 5 heteroatoms. The maximum absolute atomic E-state index is 13.3. The highest BCUT2D eigenvalue weighted by atomic mass is 16.1. The third kappa shape index (κ3) is 4.39. The van der Waals surface area contributed by atoms with Crippen molar-refractivity contribution < 1.29 is 4.79 Å². The maximum atomic E-state index is 13.3.